The van der Waals surface area contributed by atoms with E-state index in [1.54, 1.807) is 28.7 Å². The molecule has 2 aliphatic rings. The number of hydrogen-bond acceptors (Lipinski definition) is 6. The lowest BCUT2D eigenvalue weighted by Crippen LogP contribution is -2.46. The third-order valence-electron chi connectivity index (χ3n) is 5.36. The highest BCUT2D eigenvalue weighted by molar-refractivity contribution is 7.11. The summed E-state index contributed by atoms with van der Waals surface area (Å²) in [6.45, 7) is 2.49. The lowest BCUT2D eigenvalue weighted by molar-refractivity contribution is -0.127. The number of amides is 2. The van der Waals surface area contributed by atoms with E-state index in [0.29, 0.717) is 29.6 Å². The van der Waals surface area contributed by atoms with Crippen molar-refractivity contribution in [1.82, 2.24) is 20.3 Å². The maximum Gasteiger partial charge on any atom is 0.280 e. The normalized spacial score (nSPS) is 25.7. The van der Waals surface area contributed by atoms with Crippen LogP contribution >= 0.6 is 11.3 Å². The monoisotopic (exact) mass is 371 g/mol. The fourth-order valence-corrected chi connectivity index (χ4v) is 4.66. The standard InChI is InChI=1S/C18H21N5O2S/c1-12-19-7-4-14(21-12)23-9-6-18(17(23)25)5-2-3-13(11-18)22-15(24)16-20-8-10-26-16/h4,7-8,10,13H,2-3,5-6,9,11H2,1H3,(H,22,24)/t13-,18-/m0/s1. The first-order valence-electron chi connectivity index (χ1n) is 8.89. The molecule has 1 aliphatic heterocycles. The summed E-state index contributed by atoms with van der Waals surface area (Å²) < 4.78 is 0. The van der Waals surface area contributed by atoms with Crippen LogP contribution in [0.4, 0.5) is 5.82 Å². The number of rotatable bonds is 3. The topological polar surface area (TPSA) is 88.1 Å². The number of thiazole rings is 1. The van der Waals surface area contributed by atoms with E-state index >= 15 is 0 Å². The molecule has 26 heavy (non-hydrogen) atoms. The molecule has 3 heterocycles. The molecule has 1 saturated heterocycles. The number of aromatic nitrogens is 3. The van der Waals surface area contributed by atoms with E-state index < -0.39 is 5.41 Å². The van der Waals surface area contributed by atoms with Crippen LogP contribution < -0.4 is 10.2 Å². The second-order valence-electron chi connectivity index (χ2n) is 7.05. The zero-order valence-corrected chi connectivity index (χ0v) is 15.5. The van der Waals surface area contributed by atoms with Gasteiger partial charge in [0.15, 0.2) is 5.01 Å². The molecule has 2 atom stereocenters. The number of aryl methyl sites for hydroxylation is 1. The molecule has 2 aromatic heterocycles. The van der Waals surface area contributed by atoms with Crippen LogP contribution in [-0.2, 0) is 4.79 Å². The molecule has 0 unspecified atom stereocenters. The molecule has 0 aromatic carbocycles. The van der Waals surface area contributed by atoms with Crippen molar-refractivity contribution < 1.29 is 9.59 Å². The summed E-state index contributed by atoms with van der Waals surface area (Å²) in [7, 11) is 0. The number of nitrogens with zero attached hydrogens (tertiary/aromatic N) is 4. The molecular weight excluding hydrogens is 350 g/mol. The highest BCUT2D eigenvalue weighted by atomic mass is 32.1. The van der Waals surface area contributed by atoms with Crippen LogP contribution in [0.2, 0.25) is 0 Å². The van der Waals surface area contributed by atoms with Crippen LogP contribution in [0.5, 0.6) is 0 Å². The van der Waals surface area contributed by atoms with Crippen LogP contribution in [0.1, 0.15) is 47.7 Å². The van der Waals surface area contributed by atoms with Crippen molar-refractivity contribution in [2.45, 2.75) is 45.1 Å². The highest BCUT2D eigenvalue weighted by Crippen LogP contribution is 2.45. The second-order valence-corrected chi connectivity index (χ2v) is 7.95. The van der Waals surface area contributed by atoms with E-state index in [1.807, 2.05) is 6.92 Å². The molecule has 1 saturated carbocycles. The maximum atomic E-state index is 13.2. The molecule has 1 spiro atoms. The minimum Gasteiger partial charge on any atom is -0.347 e. The van der Waals surface area contributed by atoms with Gasteiger partial charge in [-0.1, -0.05) is 6.42 Å². The minimum atomic E-state index is -0.391. The van der Waals surface area contributed by atoms with Gasteiger partial charge in [0.1, 0.15) is 11.6 Å². The summed E-state index contributed by atoms with van der Waals surface area (Å²) in [5.74, 6) is 1.32. The molecule has 2 fully saturated rings. The largest absolute Gasteiger partial charge is 0.347 e. The van der Waals surface area contributed by atoms with Gasteiger partial charge in [-0.15, -0.1) is 11.3 Å². The Morgan fingerprint density at radius 2 is 2.23 bits per heavy atom. The van der Waals surface area contributed by atoms with Crippen LogP contribution in [0.15, 0.2) is 23.8 Å². The molecule has 1 N–H and O–H groups in total. The minimum absolute atomic E-state index is 0.0104. The van der Waals surface area contributed by atoms with Gasteiger partial charge in [-0.25, -0.2) is 15.0 Å². The smallest absolute Gasteiger partial charge is 0.280 e. The van der Waals surface area contributed by atoms with Gasteiger partial charge >= 0.3 is 0 Å². The number of nitrogens with one attached hydrogen (secondary N) is 1. The van der Waals surface area contributed by atoms with E-state index in [1.165, 1.54) is 11.3 Å². The third-order valence-corrected chi connectivity index (χ3v) is 6.13. The number of carbonyl (C=O) groups is 2. The Morgan fingerprint density at radius 3 is 3.00 bits per heavy atom. The summed E-state index contributed by atoms with van der Waals surface area (Å²) in [5, 5.41) is 5.33. The molecule has 4 rings (SSSR count). The number of carbonyl (C=O) groups excluding carboxylic acids is 2. The van der Waals surface area contributed by atoms with Crippen LogP contribution in [-0.4, -0.2) is 39.4 Å². The molecule has 7 nitrogen and oxygen atoms in total. The molecule has 8 heteroatoms. The molecule has 136 valence electrons. The Kier molecular flexibility index (Phi) is 4.44. The summed E-state index contributed by atoms with van der Waals surface area (Å²) in [5.41, 5.74) is -0.391. The van der Waals surface area contributed by atoms with Gasteiger partial charge in [-0.05, 0) is 38.7 Å². The van der Waals surface area contributed by atoms with E-state index in [9.17, 15) is 9.59 Å². The first kappa shape index (κ1) is 17.1. The fraction of sp³-hybridized carbons (Fsp3) is 0.500. The molecule has 2 aromatic rings. The maximum absolute atomic E-state index is 13.2. The van der Waals surface area contributed by atoms with Crippen molar-refractivity contribution in [1.29, 1.82) is 0 Å². The SMILES string of the molecule is Cc1nccc(N2CC[C@]3(CCC[C@H](NC(=O)c4nccs4)C3)C2=O)n1. The van der Waals surface area contributed by atoms with Crippen LogP contribution in [0.25, 0.3) is 0 Å². The Labute approximate surface area is 155 Å². The second kappa shape index (κ2) is 6.75. The Hall–Kier alpha value is -2.35. The summed E-state index contributed by atoms with van der Waals surface area (Å²) in [4.78, 5) is 39.9. The Morgan fingerprint density at radius 1 is 1.35 bits per heavy atom. The highest BCUT2D eigenvalue weighted by Gasteiger charge is 2.50. The van der Waals surface area contributed by atoms with Crippen LogP contribution in [0.3, 0.4) is 0 Å². The van der Waals surface area contributed by atoms with Crippen molar-refractivity contribution in [3.63, 3.8) is 0 Å². The molecule has 0 radical (unpaired) electrons. The summed E-state index contributed by atoms with van der Waals surface area (Å²) in [6, 6.07) is 1.80. The number of hydrogen-bond donors (Lipinski definition) is 1. The zero-order valence-electron chi connectivity index (χ0n) is 14.6. The summed E-state index contributed by atoms with van der Waals surface area (Å²) in [6.07, 6.45) is 7.51. The van der Waals surface area contributed by atoms with E-state index in [4.69, 9.17) is 0 Å². The average molecular weight is 371 g/mol. The Balaban J connectivity index is 1.48. The van der Waals surface area contributed by atoms with Gasteiger partial charge in [-0.3, -0.25) is 14.5 Å². The van der Waals surface area contributed by atoms with Crippen molar-refractivity contribution in [3.05, 3.63) is 34.7 Å². The lowest BCUT2D eigenvalue weighted by Gasteiger charge is -2.36. The van der Waals surface area contributed by atoms with Crippen molar-refractivity contribution in [2.75, 3.05) is 11.4 Å². The summed E-state index contributed by atoms with van der Waals surface area (Å²) >= 11 is 1.33. The number of anilines is 1. The van der Waals surface area contributed by atoms with E-state index in [2.05, 4.69) is 20.3 Å². The van der Waals surface area contributed by atoms with Gasteiger partial charge in [-0.2, -0.15) is 0 Å². The van der Waals surface area contributed by atoms with Gasteiger partial charge in [0, 0.05) is 30.4 Å². The van der Waals surface area contributed by atoms with Gasteiger partial charge in [0.05, 0.1) is 5.41 Å². The van der Waals surface area contributed by atoms with E-state index in [0.717, 1.165) is 25.7 Å². The fourth-order valence-electron chi connectivity index (χ4n) is 4.12. The lowest BCUT2D eigenvalue weighted by atomic mass is 9.71. The first-order chi connectivity index (χ1) is 12.6. The zero-order chi connectivity index (χ0) is 18.1. The van der Waals surface area contributed by atoms with Crippen LogP contribution in [0, 0.1) is 12.3 Å². The van der Waals surface area contributed by atoms with Gasteiger partial charge in [0.25, 0.3) is 5.91 Å². The molecule has 2 amide bonds. The average Bonchev–Trinajstić information content (AvgIpc) is 3.26. The van der Waals surface area contributed by atoms with Crippen molar-refractivity contribution >= 4 is 29.0 Å². The predicted octanol–water partition coefficient (Wildman–Crippen LogP) is 2.34. The van der Waals surface area contributed by atoms with Gasteiger partial charge in [0.2, 0.25) is 5.91 Å². The third kappa shape index (κ3) is 3.09. The predicted molar refractivity (Wildman–Crippen MR) is 98.0 cm³/mol. The van der Waals surface area contributed by atoms with E-state index in [-0.39, 0.29) is 17.9 Å². The first-order valence-corrected chi connectivity index (χ1v) is 9.77. The molecule has 0 bridgehead atoms. The van der Waals surface area contributed by atoms with Crippen molar-refractivity contribution in [2.24, 2.45) is 5.41 Å². The molecular formula is C18H21N5O2S. The molecule has 1 aliphatic carbocycles. The van der Waals surface area contributed by atoms with Gasteiger partial charge < -0.3 is 5.32 Å². The quantitative estimate of drug-likeness (QED) is 0.895. The van der Waals surface area contributed by atoms with Crippen molar-refractivity contribution in [3.8, 4) is 0 Å². The Bertz CT molecular complexity index is 825.